The van der Waals surface area contributed by atoms with Crippen LogP contribution >= 0.6 is 11.8 Å². The number of carbonyl (C=O) groups is 2. The molecule has 0 aromatic carbocycles. The summed E-state index contributed by atoms with van der Waals surface area (Å²) in [5.74, 6) is -1.40. The van der Waals surface area contributed by atoms with Gasteiger partial charge < -0.3 is 10.0 Å². The molecule has 0 radical (unpaired) electrons. The zero-order valence-electron chi connectivity index (χ0n) is 8.81. The summed E-state index contributed by atoms with van der Waals surface area (Å²) < 4.78 is 0. The summed E-state index contributed by atoms with van der Waals surface area (Å²) in [5, 5.41) is 8.69. The van der Waals surface area contributed by atoms with Crippen molar-refractivity contribution < 1.29 is 14.7 Å². The van der Waals surface area contributed by atoms with Gasteiger partial charge in [0.25, 0.3) is 0 Å². The number of carboxylic acid groups (broad SMARTS) is 1. The Morgan fingerprint density at radius 3 is 2.81 bits per heavy atom. The lowest BCUT2D eigenvalue weighted by atomic mass is 10.1. The van der Waals surface area contributed by atoms with Gasteiger partial charge in [-0.15, -0.1) is 11.8 Å². The molecule has 5 heteroatoms. The number of aliphatic carboxylic acids is 1. The van der Waals surface area contributed by atoms with Crippen LogP contribution < -0.4 is 0 Å². The molecule has 2 aliphatic rings. The van der Waals surface area contributed by atoms with Crippen LogP contribution in [0.4, 0.5) is 0 Å². The normalized spacial score (nSPS) is 20.4. The van der Waals surface area contributed by atoms with Crippen LogP contribution in [-0.4, -0.2) is 40.7 Å². The fourth-order valence-corrected chi connectivity index (χ4v) is 2.96. The Bertz CT molecular complexity index is 387. The average Bonchev–Trinajstić information content (AvgIpc) is 2.49. The van der Waals surface area contributed by atoms with Gasteiger partial charge in [0.2, 0.25) is 0 Å². The number of allylic oxidation sites excluding steroid dienone is 2. The first-order chi connectivity index (χ1) is 7.68. The minimum atomic E-state index is -1.37. The second kappa shape index (κ2) is 4.74. The van der Waals surface area contributed by atoms with Crippen LogP contribution in [0.1, 0.15) is 12.8 Å². The molecule has 16 heavy (non-hydrogen) atoms. The lowest BCUT2D eigenvalue weighted by molar-refractivity contribution is -0.155. The monoisotopic (exact) mass is 239 g/mol. The molecule has 1 aliphatic carbocycles. The molecule has 1 N–H and O–H groups in total. The highest BCUT2D eigenvalue weighted by molar-refractivity contribution is 8.03. The van der Waals surface area contributed by atoms with Crippen LogP contribution in [-0.2, 0) is 9.59 Å². The molecular weight excluding hydrogens is 226 g/mol. The summed E-state index contributed by atoms with van der Waals surface area (Å²) >= 11 is 1.71. The zero-order valence-corrected chi connectivity index (χ0v) is 9.63. The van der Waals surface area contributed by atoms with E-state index in [9.17, 15) is 9.59 Å². The Balaban J connectivity index is 2.15. The number of carbonyl (C=O) groups excluding carboxylic acids is 1. The summed E-state index contributed by atoms with van der Waals surface area (Å²) in [6, 6.07) is 0. The highest BCUT2D eigenvalue weighted by Crippen LogP contribution is 2.31. The van der Waals surface area contributed by atoms with Crippen LogP contribution in [0.25, 0.3) is 0 Å². The number of thioether (sulfide) groups is 1. The smallest absolute Gasteiger partial charge is 0.394 e. The number of amides is 1. The standard InChI is InChI=1S/C11H13NO3S/c13-10(11(14)15)12-5-6-16-9-4-2-1-3-8(9)7-12/h3-4H,1-2,5-7H2,(H,14,15). The fourth-order valence-electron chi connectivity index (χ4n) is 1.86. The molecule has 1 heterocycles. The van der Waals surface area contributed by atoms with Gasteiger partial charge in [0.1, 0.15) is 0 Å². The van der Waals surface area contributed by atoms with Gasteiger partial charge in [-0.1, -0.05) is 12.2 Å². The van der Waals surface area contributed by atoms with E-state index in [2.05, 4.69) is 12.2 Å². The van der Waals surface area contributed by atoms with Gasteiger partial charge in [0, 0.05) is 23.7 Å². The predicted octanol–water partition coefficient (Wildman–Crippen LogP) is 1.25. The summed E-state index contributed by atoms with van der Waals surface area (Å²) in [6.07, 6.45) is 6.30. The second-order valence-electron chi connectivity index (χ2n) is 3.76. The SMILES string of the molecule is O=C(O)C(=O)N1CCSC2=CCCC=C2C1. The van der Waals surface area contributed by atoms with Crippen molar-refractivity contribution in [2.24, 2.45) is 0 Å². The van der Waals surface area contributed by atoms with E-state index in [0.717, 1.165) is 24.2 Å². The molecule has 4 nitrogen and oxygen atoms in total. The molecule has 0 bridgehead atoms. The van der Waals surface area contributed by atoms with E-state index in [-0.39, 0.29) is 0 Å². The quantitative estimate of drug-likeness (QED) is 0.646. The number of hydrogen-bond acceptors (Lipinski definition) is 3. The molecule has 0 atom stereocenters. The van der Waals surface area contributed by atoms with Crippen molar-refractivity contribution in [1.29, 1.82) is 0 Å². The molecule has 1 aliphatic heterocycles. The molecule has 0 saturated carbocycles. The third-order valence-corrected chi connectivity index (χ3v) is 3.78. The highest BCUT2D eigenvalue weighted by Gasteiger charge is 2.25. The molecule has 0 unspecified atom stereocenters. The van der Waals surface area contributed by atoms with Crippen LogP contribution in [0.2, 0.25) is 0 Å². The summed E-state index contributed by atoms with van der Waals surface area (Å²) in [6.45, 7) is 0.939. The minimum absolute atomic E-state index is 0.434. The number of nitrogens with zero attached hydrogens (tertiary/aromatic N) is 1. The largest absolute Gasteiger partial charge is 0.474 e. The van der Waals surface area contributed by atoms with E-state index < -0.39 is 11.9 Å². The van der Waals surface area contributed by atoms with Crippen LogP contribution in [0.5, 0.6) is 0 Å². The van der Waals surface area contributed by atoms with E-state index in [1.165, 1.54) is 9.81 Å². The number of hydrogen-bond donors (Lipinski definition) is 1. The Kier molecular flexibility index (Phi) is 3.33. The van der Waals surface area contributed by atoms with Gasteiger partial charge in [-0.3, -0.25) is 4.79 Å². The van der Waals surface area contributed by atoms with Crippen molar-refractivity contribution in [3.63, 3.8) is 0 Å². The molecular formula is C11H13NO3S. The van der Waals surface area contributed by atoms with Gasteiger partial charge in [-0.25, -0.2) is 4.79 Å². The molecule has 0 aromatic rings. The summed E-state index contributed by atoms with van der Waals surface area (Å²) in [4.78, 5) is 24.7. The molecule has 0 aromatic heterocycles. The van der Waals surface area contributed by atoms with Gasteiger partial charge in [-0.05, 0) is 18.4 Å². The van der Waals surface area contributed by atoms with Crippen LogP contribution in [0, 0.1) is 0 Å². The second-order valence-corrected chi connectivity index (χ2v) is 4.89. The van der Waals surface area contributed by atoms with Gasteiger partial charge >= 0.3 is 11.9 Å². The highest BCUT2D eigenvalue weighted by atomic mass is 32.2. The summed E-state index contributed by atoms with van der Waals surface area (Å²) in [5.41, 5.74) is 1.10. The molecule has 1 fully saturated rings. The first-order valence-electron chi connectivity index (χ1n) is 5.23. The maximum absolute atomic E-state index is 11.4. The van der Waals surface area contributed by atoms with Gasteiger partial charge in [-0.2, -0.15) is 0 Å². The van der Waals surface area contributed by atoms with Crippen LogP contribution in [0.3, 0.4) is 0 Å². The first-order valence-corrected chi connectivity index (χ1v) is 6.21. The topological polar surface area (TPSA) is 57.6 Å². The van der Waals surface area contributed by atoms with Crippen molar-refractivity contribution in [1.82, 2.24) is 4.90 Å². The molecule has 86 valence electrons. The molecule has 0 spiro atoms. The lowest BCUT2D eigenvalue weighted by Crippen LogP contribution is -2.38. The van der Waals surface area contributed by atoms with Crippen LogP contribution in [0.15, 0.2) is 22.6 Å². The third kappa shape index (κ3) is 2.29. The Hall–Kier alpha value is -1.23. The number of carboxylic acids is 1. The third-order valence-electron chi connectivity index (χ3n) is 2.65. The van der Waals surface area contributed by atoms with Crippen molar-refractivity contribution in [3.05, 3.63) is 22.6 Å². The van der Waals surface area contributed by atoms with Gasteiger partial charge in [0.15, 0.2) is 0 Å². The maximum atomic E-state index is 11.4. The molecule has 1 amide bonds. The summed E-state index contributed by atoms with van der Waals surface area (Å²) in [7, 11) is 0. The van der Waals surface area contributed by atoms with E-state index in [1.54, 1.807) is 11.8 Å². The van der Waals surface area contributed by atoms with Crippen molar-refractivity contribution >= 4 is 23.6 Å². The number of rotatable bonds is 0. The van der Waals surface area contributed by atoms with Crippen molar-refractivity contribution in [2.45, 2.75) is 12.8 Å². The number of fused-ring (bicyclic) bond motifs is 1. The lowest BCUT2D eigenvalue weighted by Gasteiger charge is -2.19. The Morgan fingerprint density at radius 2 is 2.06 bits per heavy atom. The van der Waals surface area contributed by atoms with Crippen molar-refractivity contribution in [3.8, 4) is 0 Å². The van der Waals surface area contributed by atoms with E-state index >= 15 is 0 Å². The fraction of sp³-hybridized carbons (Fsp3) is 0.455. The Labute approximate surface area is 98.0 Å². The van der Waals surface area contributed by atoms with Crippen molar-refractivity contribution in [2.75, 3.05) is 18.8 Å². The average molecular weight is 239 g/mol. The predicted molar refractivity (Wildman–Crippen MR) is 62.1 cm³/mol. The zero-order chi connectivity index (χ0) is 11.5. The minimum Gasteiger partial charge on any atom is -0.474 e. The molecule has 1 saturated heterocycles. The van der Waals surface area contributed by atoms with E-state index in [4.69, 9.17) is 5.11 Å². The molecule has 2 rings (SSSR count). The van der Waals surface area contributed by atoms with E-state index in [0.29, 0.717) is 13.1 Å². The maximum Gasteiger partial charge on any atom is 0.394 e. The Morgan fingerprint density at radius 1 is 1.31 bits per heavy atom. The first kappa shape index (κ1) is 11.3. The van der Waals surface area contributed by atoms with E-state index in [1.807, 2.05) is 0 Å². The van der Waals surface area contributed by atoms with Gasteiger partial charge in [0.05, 0.1) is 0 Å².